The summed E-state index contributed by atoms with van der Waals surface area (Å²) in [7, 11) is -3.89. The number of carbonyl (C=O) groups excluding carboxylic acids is 1. The van der Waals surface area contributed by atoms with Gasteiger partial charge in [0.1, 0.15) is 0 Å². The maximum absolute atomic E-state index is 11.4. The molecule has 7 nitrogen and oxygen atoms in total. The van der Waals surface area contributed by atoms with Crippen molar-refractivity contribution in [3.63, 3.8) is 0 Å². The summed E-state index contributed by atoms with van der Waals surface area (Å²) in [5, 5.41) is 1.18. The van der Waals surface area contributed by atoms with Crippen LogP contribution in [0, 0.1) is 0 Å². The molecule has 0 aromatic heterocycles. The molecule has 124 valence electrons. The summed E-state index contributed by atoms with van der Waals surface area (Å²) in [5.74, 6) is 5.35. The summed E-state index contributed by atoms with van der Waals surface area (Å²) in [6, 6.07) is 0. The number of amides is 1. The standard InChI is InChI=1S/C13H27N2O5P/c1-12(2)13(16)15(14)8-5-3-4-6-9-20-10-7-11-21(17,18)19/h1,3-11,14H2,2H3,(H2,17,18,19). The van der Waals surface area contributed by atoms with Crippen LogP contribution in [0.5, 0.6) is 0 Å². The van der Waals surface area contributed by atoms with Crippen molar-refractivity contribution >= 4 is 13.5 Å². The van der Waals surface area contributed by atoms with E-state index in [-0.39, 0.29) is 12.1 Å². The number of hydrogen-bond donors (Lipinski definition) is 3. The van der Waals surface area contributed by atoms with Crippen LogP contribution in [0.2, 0.25) is 0 Å². The van der Waals surface area contributed by atoms with Crippen molar-refractivity contribution in [3.05, 3.63) is 12.2 Å². The average Bonchev–Trinajstić information content (AvgIpc) is 2.38. The van der Waals surface area contributed by atoms with E-state index in [0.29, 0.717) is 31.8 Å². The van der Waals surface area contributed by atoms with Gasteiger partial charge in [-0.1, -0.05) is 19.4 Å². The van der Waals surface area contributed by atoms with E-state index in [4.69, 9.17) is 20.4 Å². The highest BCUT2D eigenvalue weighted by Gasteiger charge is 2.11. The molecule has 0 aliphatic carbocycles. The van der Waals surface area contributed by atoms with E-state index in [1.165, 1.54) is 5.01 Å². The third-order valence-corrected chi connectivity index (χ3v) is 3.70. The lowest BCUT2D eigenvalue weighted by Gasteiger charge is -2.16. The Bertz CT molecular complexity index is 370. The Morgan fingerprint density at radius 2 is 1.76 bits per heavy atom. The first kappa shape index (κ1) is 20.3. The van der Waals surface area contributed by atoms with Gasteiger partial charge in [-0.05, 0) is 26.2 Å². The molecule has 0 atom stereocenters. The molecule has 0 rings (SSSR count). The minimum Gasteiger partial charge on any atom is -0.381 e. The van der Waals surface area contributed by atoms with Crippen LogP contribution < -0.4 is 5.84 Å². The van der Waals surface area contributed by atoms with Gasteiger partial charge in [-0.2, -0.15) is 0 Å². The lowest BCUT2D eigenvalue weighted by molar-refractivity contribution is -0.127. The highest BCUT2D eigenvalue weighted by Crippen LogP contribution is 2.34. The average molecular weight is 322 g/mol. The first-order valence-electron chi connectivity index (χ1n) is 7.08. The topological polar surface area (TPSA) is 113 Å². The van der Waals surface area contributed by atoms with Gasteiger partial charge in [-0.15, -0.1) is 0 Å². The van der Waals surface area contributed by atoms with E-state index in [1.807, 2.05) is 0 Å². The van der Waals surface area contributed by atoms with Gasteiger partial charge in [-0.25, -0.2) is 5.84 Å². The van der Waals surface area contributed by atoms with Gasteiger partial charge >= 0.3 is 7.60 Å². The van der Waals surface area contributed by atoms with Crippen molar-refractivity contribution < 1.29 is 23.9 Å². The minimum absolute atomic E-state index is 0.129. The molecule has 0 saturated carbocycles. The second kappa shape index (κ2) is 10.9. The molecule has 0 aromatic carbocycles. The van der Waals surface area contributed by atoms with Gasteiger partial charge < -0.3 is 14.5 Å². The Morgan fingerprint density at radius 3 is 2.33 bits per heavy atom. The second-order valence-corrected chi connectivity index (χ2v) is 6.82. The van der Waals surface area contributed by atoms with Gasteiger partial charge in [0, 0.05) is 25.3 Å². The van der Waals surface area contributed by atoms with Crippen LogP contribution in [0.3, 0.4) is 0 Å². The first-order valence-corrected chi connectivity index (χ1v) is 8.88. The zero-order chi connectivity index (χ0) is 16.3. The van der Waals surface area contributed by atoms with Crippen LogP contribution in [-0.4, -0.2) is 46.6 Å². The van der Waals surface area contributed by atoms with Crippen molar-refractivity contribution in [3.8, 4) is 0 Å². The number of nitrogens with zero attached hydrogens (tertiary/aromatic N) is 1. The third-order valence-electron chi connectivity index (χ3n) is 2.80. The zero-order valence-corrected chi connectivity index (χ0v) is 13.6. The van der Waals surface area contributed by atoms with Crippen LogP contribution in [0.4, 0.5) is 0 Å². The molecule has 4 N–H and O–H groups in total. The SMILES string of the molecule is C=C(C)C(=O)N(N)CCCCCCOCCCP(=O)(O)O. The maximum Gasteiger partial charge on any atom is 0.325 e. The maximum atomic E-state index is 11.4. The molecule has 0 heterocycles. The minimum atomic E-state index is -3.89. The Balaban J connectivity index is 3.35. The lowest BCUT2D eigenvalue weighted by atomic mass is 10.2. The molecule has 0 radical (unpaired) electrons. The first-order chi connectivity index (χ1) is 9.74. The monoisotopic (exact) mass is 322 g/mol. The third kappa shape index (κ3) is 12.7. The Labute approximate surface area is 126 Å². The van der Waals surface area contributed by atoms with E-state index >= 15 is 0 Å². The number of rotatable bonds is 12. The summed E-state index contributed by atoms with van der Waals surface area (Å²) in [5.41, 5.74) is 0.432. The normalized spacial score (nSPS) is 11.4. The molecular weight excluding hydrogens is 295 g/mol. The Morgan fingerprint density at radius 1 is 1.19 bits per heavy atom. The highest BCUT2D eigenvalue weighted by molar-refractivity contribution is 7.51. The fraction of sp³-hybridized carbons (Fsp3) is 0.769. The van der Waals surface area contributed by atoms with Crippen molar-refractivity contribution in [2.24, 2.45) is 5.84 Å². The summed E-state index contributed by atoms with van der Waals surface area (Å²) in [6.07, 6.45) is 3.87. The molecule has 0 unspecified atom stereocenters. The summed E-state index contributed by atoms with van der Waals surface area (Å²) in [6.45, 7) is 6.64. The lowest BCUT2D eigenvalue weighted by Crippen LogP contribution is -2.38. The fourth-order valence-electron chi connectivity index (χ4n) is 1.66. The van der Waals surface area contributed by atoms with Crippen LogP contribution in [0.25, 0.3) is 0 Å². The van der Waals surface area contributed by atoms with Gasteiger partial charge in [-0.3, -0.25) is 14.4 Å². The smallest absolute Gasteiger partial charge is 0.325 e. The van der Waals surface area contributed by atoms with E-state index in [0.717, 1.165) is 25.7 Å². The Kier molecular flexibility index (Phi) is 10.6. The molecule has 8 heteroatoms. The molecule has 0 fully saturated rings. The predicted molar refractivity (Wildman–Crippen MR) is 81.5 cm³/mol. The highest BCUT2D eigenvalue weighted by atomic mass is 31.2. The molecular formula is C13H27N2O5P. The van der Waals surface area contributed by atoms with Gasteiger partial charge in [0.15, 0.2) is 0 Å². The second-order valence-electron chi connectivity index (χ2n) is 5.05. The van der Waals surface area contributed by atoms with E-state index in [2.05, 4.69) is 6.58 Å². The molecule has 0 bridgehead atoms. The number of ether oxygens (including phenoxy) is 1. The molecule has 0 aliphatic heterocycles. The number of hydrogen-bond acceptors (Lipinski definition) is 4. The molecule has 0 aromatic rings. The van der Waals surface area contributed by atoms with Crippen LogP contribution in [0.1, 0.15) is 39.0 Å². The van der Waals surface area contributed by atoms with Gasteiger partial charge in [0.2, 0.25) is 0 Å². The number of carbonyl (C=O) groups is 1. The van der Waals surface area contributed by atoms with Crippen LogP contribution >= 0.6 is 7.60 Å². The fourth-order valence-corrected chi connectivity index (χ4v) is 2.20. The van der Waals surface area contributed by atoms with E-state index in [9.17, 15) is 9.36 Å². The molecule has 21 heavy (non-hydrogen) atoms. The van der Waals surface area contributed by atoms with E-state index in [1.54, 1.807) is 6.92 Å². The van der Waals surface area contributed by atoms with Gasteiger partial charge in [0.25, 0.3) is 5.91 Å². The predicted octanol–water partition coefficient (Wildman–Crippen LogP) is 1.41. The van der Waals surface area contributed by atoms with Crippen molar-refractivity contribution in [2.45, 2.75) is 39.0 Å². The Hall–Kier alpha value is -0.720. The number of hydrazine groups is 1. The summed E-state index contributed by atoms with van der Waals surface area (Å²) in [4.78, 5) is 28.7. The van der Waals surface area contributed by atoms with Gasteiger partial charge in [0.05, 0.1) is 6.16 Å². The molecule has 0 spiro atoms. The summed E-state index contributed by atoms with van der Waals surface area (Å²) >= 11 is 0. The van der Waals surface area contributed by atoms with Crippen molar-refractivity contribution in [1.82, 2.24) is 5.01 Å². The quantitative estimate of drug-likeness (QED) is 0.125. The van der Waals surface area contributed by atoms with Crippen molar-refractivity contribution in [1.29, 1.82) is 0 Å². The number of unbranched alkanes of at least 4 members (excludes halogenated alkanes) is 3. The van der Waals surface area contributed by atoms with E-state index < -0.39 is 7.60 Å². The van der Waals surface area contributed by atoms with Crippen molar-refractivity contribution in [2.75, 3.05) is 25.9 Å². The van der Waals surface area contributed by atoms with Crippen LogP contribution in [0.15, 0.2) is 12.2 Å². The van der Waals surface area contributed by atoms with Crippen LogP contribution in [-0.2, 0) is 14.1 Å². The number of nitrogens with two attached hydrogens (primary N) is 1. The largest absolute Gasteiger partial charge is 0.381 e. The molecule has 0 aliphatic rings. The summed E-state index contributed by atoms with van der Waals surface area (Å²) < 4.78 is 15.9. The molecule has 0 saturated heterocycles. The zero-order valence-electron chi connectivity index (χ0n) is 12.7. The molecule has 1 amide bonds.